The van der Waals surface area contributed by atoms with Crippen LogP contribution in [0, 0.1) is 5.41 Å². The fourth-order valence-corrected chi connectivity index (χ4v) is 6.10. The highest BCUT2D eigenvalue weighted by atomic mass is 32.2. The molecule has 1 aromatic rings. The quantitative estimate of drug-likeness (QED) is 0.635. The highest BCUT2D eigenvalue weighted by molar-refractivity contribution is 7.89. The Labute approximate surface area is 182 Å². The van der Waals surface area contributed by atoms with Crippen LogP contribution < -0.4 is 11.1 Å². The number of rotatable bonds is 7. The maximum Gasteiger partial charge on any atom is 0.284 e. The molecule has 10 heteroatoms. The molecular formula is C21H30N4O5S. The minimum atomic E-state index is -4.33. The molecule has 2 fully saturated rings. The lowest BCUT2D eigenvalue weighted by atomic mass is 9.70. The van der Waals surface area contributed by atoms with Crippen LogP contribution in [0.1, 0.15) is 57.8 Å². The van der Waals surface area contributed by atoms with Gasteiger partial charge < -0.3 is 11.1 Å². The van der Waals surface area contributed by atoms with Crippen molar-refractivity contribution in [3.8, 4) is 0 Å². The van der Waals surface area contributed by atoms with E-state index in [2.05, 4.69) is 10.3 Å². The van der Waals surface area contributed by atoms with Crippen molar-refractivity contribution in [3.63, 3.8) is 0 Å². The number of primary amides is 1. The van der Waals surface area contributed by atoms with Crippen molar-refractivity contribution in [2.45, 2.75) is 68.9 Å². The number of hydrogen-bond donors (Lipinski definition) is 2. The summed E-state index contributed by atoms with van der Waals surface area (Å²) in [7, 11) is -4.33. The summed E-state index contributed by atoms with van der Waals surface area (Å²) in [5.74, 6) is -1.50. The van der Waals surface area contributed by atoms with E-state index in [-0.39, 0.29) is 36.6 Å². The summed E-state index contributed by atoms with van der Waals surface area (Å²) in [6.45, 7) is 0.566. The summed E-state index contributed by atoms with van der Waals surface area (Å²) in [5.41, 5.74) is 4.87. The van der Waals surface area contributed by atoms with Gasteiger partial charge in [0, 0.05) is 18.0 Å². The number of nitrogens with one attached hydrogen (secondary N) is 1. The van der Waals surface area contributed by atoms with Gasteiger partial charge in [0.15, 0.2) is 10.8 Å². The van der Waals surface area contributed by atoms with Crippen LogP contribution in [-0.2, 0) is 24.4 Å². The fourth-order valence-electron chi connectivity index (χ4n) is 4.54. The van der Waals surface area contributed by atoms with Crippen LogP contribution in [0.4, 0.5) is 0 Å². The molecule has 1 saturated carbocycles. The first-order valence-electron chi connectivity index (χ1n) is 10.8. The van der Waals surface area contributed by atoms with Crippen LogP contribution >= 0.6 is 0 Å². The van der Waals surface area contributed by atoms with Crippen molar-refractivity contribution in [2.24, 2.45) is 11.1 Å². The molecule has 1 atom stereocenters. The molecular weight excluding hydrogens is 420 g/mol. The number of carbonyl (C=O) groups is 3. The Morgan fingerprint density at radius 1 is 1.19 bits per heavy atom. The molecule has 2 aliphatic rings. The van der Waals surface area contributed by atoms with Crippen molar-refractivity contribution in [3.05, 3.63) is 24.4 Å². The van der Waals surface area contributed by atoms with Gasteiger partial charge in [0.1, 0.15) is 6.04 Å². The van der Waals surface area contributed by atoms with Gasteiger partial charge in [0.2, 0.25) is 11.8 Å². The van der Waals surface area contributed by atoms with E-state index in [1.807, 2.05) is 0 Å². The maximum absolute atomic E-state index is 13.4. The van der Waals surface area contributed by atoms with Gasteiger partial charge in [-0.2, -0.15) is 8.42 Å². The van der Waals surface area contributed by atoms with E-state index in [9.17, 15) is 22.8 Å². The van der Waals surface area contributed by atoms with E-state index in [0.717, 1.165) is 19.3 Å². The Balaban J connectivity index is 1.91. The zero-order valence-corrected chi connectivity index (χ0v) is 18.4. The third kappa shape index (κ3) is 5.12. The molecule has 1 aromatic heterocycles. The Morgan fingerprint density at radius 2 is 1.94 bits per heavy atom. The second-order valence-electron chi connectivity index (χ2n) is 8.37. The number of aromatic nitrogens is 1. The first-order valence-corrected chi connectivity index (χ1v) is 12.2. The highest BCUT2D eigenvalue weighted by Gasteiger charge is 2.43. The number of nitrogens with two attached hydrogens (primary N) is 1. The van der Waals surface area contributed by atoms with Crippen LogP contribution in [0.25, 0.3) is 0 Å². The number of ketones is 1. The minimum Gasteiger partial charge on any atom is -0.369 e. The van der Waals surface area contributed by atoms with Crippen molar-refractivity contribution in [1.29, 1.82) is 0 Å². The van der Waals surface area contributed by atoms with Gasteiger partial charge in [-0.3, -0.25) is 14.4 Å². The predicted octanol–water partition coefficient (Wildman–Crippen LogP) is 1.14. The SMILES string of the molecule is NC(=O)C1(CCC(=O)N([C@H]2CCCNCC2=O)S(=O)(=O)c2ccccn2)CCCCC1. The highest BCUT2D eigenvalue weighted by Crippen LogP contribution is 2.40. The van der Waals surface area contributed by atoms with Crippen LogP contribution in [0.15, 0.2) is 29.4 Å². The molecule has 3 rings (SSSR count). The van der Waals surface area contributed by atoms with E-state index in [1.165, 1.54) is 18.3 Å². The molecule has 0 unspecified atom stereocenters. The molecule has 2 amide bonds. The summed E-state index contributed by atoms with van der Waals surface area (Å²) in [5, 5.41) is 2.68. The molecule has 1 aliphatic carbocycles. The number of amides is 2. The van der Waals surface area contributed by atoms with Crippen LogP contribution in [0.5, 0.6) is 0 Å². The van der Waals surface area contributed by atoms with Gasteiger partial charge in [-0.1, -0.05) is 25.3 Å². The van der Waals surface area contributed by atoms with Gasteiger partial charge in [0.05, 0.1) is 6.54 Å². The lowest BCUT2D eigenvalue weighted by Gasteiger charge is -2.35. The summed E-state index contributed by atoms with van der Waals surface area (Å²) in [4.78, 5) is 42.1. The van der Waals surface area contributed by atoms with E-state index in [0.29, 0.717) is 30.1 Å². The summed E-state index contributed by atoms with van der Waals surface area (Å²) >= 11 is 0. The topological polar surface area (TPSA) is 140 Å². The minimum absolute atomic E-state index is 0.00257. The molecule has 9 nitrogen and oxygen atoms in total. The van der Waals surface area contributed by atoms with Gasteiger partial charge in [-0.25, -0.2) is 9.29 Å². The van der Waals surface area contributed by atoms with Crippen molar-refractivity contribution in [2.75, 3.05) is 13.1 Å². The first kappa shape index (κ1) is 23.3. The lowest BCUT2D eigenvalue weighted by molar-refractivity contribution is -0.136. The zero-order valence-electron chi connectivity index (χ0n) is 17.6. The molecule has 0 spiro atoms. The van der Waals surface area contributed by atoms with Crippen molar-refractivity contribution < 1.29 is 22.8 Å². The van der Waals surface area contributed by atoms with E-state index in [1.54, 1.807) is 6.07 Å². The summed E-state index contributed by atoms with van der Waals surface area (Å²) < 4.78 is 27.5. The summed E-state index contributed by atoms with van der Waals surface area (Å²) in [6, 6.07) is 3.31. The van der Waals surface area contributed by atoms with Gasteiger partial charge >= 0.3 is 0 Å². The smallest absolute Gasteiger partial charge is 0.284 e. The maximum atomic E-state index is 13.4. The number of carbonyl (C=O) groups excluding carboxylic acids is 3. The lowest BCUT2D eigenvalue weighted by Crippen LogP contribution is -2.50. The van der Waals surface area contributed by atoms with Crippen LogP contribution in [0.2, 0.25) is 0 Å². The Kier molecular flexibility index (Phi) is 7.42. The largest absolute Gasteiger partial charge is 0.369 e. The standard InChI is InChI=1S/C21H30N4O5S/c22-20(28)21(10-3-1-4-11-21)12-9-19(27)25(16-7-6-13-23-15-17(16)26)31(29,30)18-8-2-5-14-24-18/h2,5,8,14,16,23H,1,3-4,6-7,9-13,15H2,(H2,22,28)/t16-/m0/s1. The Bertz CT molecular complexity index is 913. The number of nitrogens with zero attached hydrogens (tertiary/aromatic N) is 2. The van der Waals surface area contributed by atoms with Gasteiger partial charge in [-0.15, -0.1) is 0 Å². The molecule has 0 aromatic carbocycles. The normalized spacial score (nSPS) is 21.8. The first-order chi connectivity index (χ1) is 14.8. The van der Waals surface area contributed by atoms with Crippen LogP contribution in [-0.4, -0.2) is 54.4 Å². The molecule has 1 saturated heterocycles. The van der Waals surface area contributed by atoms with Crippen molar-refractivity contribution in [1.82, 2.24) is 14.6 Å². The van der Waals surface area contributed by atoms with E-state index in [4.69, 9.17) is 5.73 Å². The number of pyridine rings is 1. The fraction of sp³-hybridized carbons (Fsp3) is 0.619. The molecule has 0 bridgehead atoms. The van der Waals surface area contributed by atoms with Crippen molar-refractivity contribution >= 4 is 27.6 Å². The predicted molar refractivity (Wildman–Crippen MR) is 113 cm³/mol. The average Bonchev–Trinajstić information content (AvgIpc) is 2.98. The molecule has 2 heterocycles. The third-order valence-corrected chi connectivity index (χ3v) is 8.09. The zero-order chi connectivity index (χ0) is 22.5. The molecule has 1 aliphatic heterocycles. The van der Waals surface area contributed by atoms with Gasteiger partial charge in [-0.05, 0) is 50.8 Å². The second-order valence-corrected chi connectivity index (χ2v) is 10.1. The second kappa shape index (κ2) is 9.86. The summed E-state index contributed by atoms with van der Waals surface area (Å²) in [6.07, 6.45) is 6.01. The Hall–Kier alpha value is -2.33. The number of sulfonamides is 1. The third-order valence-electron chi connectivity index (χ3n) is 6.34. The molecule has 170 valence electrons. The van der Waals surface area contributed by atoms with Gasteiger partial charge in [0.25, 0.3) is 10.0 Å². The Morgan fingerprint density at radius 3 is 2.58 bits per heavy atom. The van der Waals surface area contributed by atoms with E-state index < -0.39 is 33.3 Å². The number of Topliss-reactive ketones (excluding diaryl/α,β-unsaturated/α-hetero) is 1. The van der Waals surface area contributed by atoms with Crippen LogP contribution in [0.3, 0.4) is 0 Å². The van der Waals surface area contributed by atoms with E-state index >= 15 is 0 Å². The average molecular weight is 451 g/mol. The molecule has 31 heavy (non-hydrogen) atoms. The monoisotopic (exact) mass is 450 g/mol. The molecule has 0 radical (unpaired) electrons. The molecule has 3 N–H and O–H groups in total. The number of hydrogen-bond acceptors (Lipinski definition) is 7.